The largest absolute Gasteiger partial charge is 0.392 e. The zero-order valence-electron chi connectivity index (χ0n) is 12.8. The van der Waals surface area contributed by atoms with Crippen LogP contribution in [0.2, 0.25) is 0 Å². The molecule has 0 aromatic heterocycles. The standard InChI is InChI=1S/C16H27F3O2/c1-20-10-12-5-4-7-14(9-12)21-11-13-6-2-3-8-15(13)16(17,18)19/h12-15H,2-11H2,1H3. The molecule has 0 radical (unpaired) electrons. The van der Waals surface area contributed by atoms with Gasteiger partial charge in [0, 0.05) is 13.7 Å². The van der Waals surface area contributed by atoms with Crippen molar-refractivity contribution in [1.29, 1.82) is 0 Å². The SMILES string of the molecule is COCC1CCCC(OCC2CCCCC2C(F)(F)F)C1. The molecule has 2 aliphatic rings. The van der Waals surface area contributed by atoms with Gasteiger partial charge < -0.3 is 9.47 Å². The molecule has 0 aromatic rings. The highest BCUT2D eigenvalue weighted by Crippen LogP contribution is 2.42. The van der Waals surface area contributed by atoms with Crippen LogP contribution in [0, 0.1) is 17.8 Å². The van der Waals surface area contributed by atoms with Gasteiger partial charge in [-0.25, -0.2) is 0 Å². The summed E-state index contributed by atoms with van der Waals surface area (Å²) in [5.74, 6) is -1.01. The Kier molecular flexibility index (Phi) is 6.35. The monoisotopic (exact) mass is 308 g/mol. The maximum Gasteiger partial charge on any atom is 0.392 e. The average Bonchev–Trinajstić information content (AvgIpc) is 2.45. The summed E-state index contributed by atoms with van der Waals surface area (Å²) in [4.78, 5) is 0. The van der Waals surface area contributed by atoms with Gasteiger partial charge in [-0.05, 0) is 43.9 Å². The van der Waals surface area contributed by atoms with Gasteiger partial charge in [-0.1, -0.05) is 19.3 Å². The van der Waals surface area contributed by atoms with E-state index in [0.717, 1.165) is 38.7 Å². The van der Waals surface area contributed by atoms with Crippen LogP contribution in [0.1, 0.15) is 51.4 Å². The highest BCUT2D eigenvalue weighted by Gasteiger charge is 2.45. The van der Waals surface area contributed by atoms with Gasteiger partial charge in [0.05, 0.1) is 18.6 Å². The molecule has 0 bridgehead atoms. The first-order chi connectivity index (χ1) is 10.0. The molecule has 5 heteroatoms. The summed E-state index contributed by atoms with van der Waals surface area (Å²) < 4.78 is 50.2. The van der Waals surface area contributed by atoms with Crippen molar-refractivity contribution in [2.24, 2.45) is 17.8 Å². The summed E-state index contributed by atoms with van der Waals surface area (Å²) in [5, 5.41) is 0. The third-order valence-corrected chi connectivity index (χ3v) is 5.01. The van der Waals surface area contributed by atoms with Gasteiger partial charge in [-0.15, -0.1) is 0 Å². The first-order valence-corrected chi connectivity index (χ1v) is 8.18. The van der Waals surface area contributed by atoms with Crippen molar-refractivity contribution in [3.63, 3.8) is 0 Å². The number of ether oxygens (including phenoxy) is 2. The Morgan fingerprint density at radius 2 is 1.71 bits per heavy atom. The summed E-state index contributed by atoms with van der Waals surface area (Å²) in [7, 11) is 1.69. The average molecular weight is 308 g/mol. The Morgan fingerprint density at radius 1 is 0.952 bits per heavy atom. The van der Waals surface area contributed by atoms with E-state index in [0.29, 0.717) is 18.8 Å². The summed E-state index contributed by atoms with van der Waals surface area (Å²) >= 11 is 0. The second-order valence-corrected chi connectivity index (χ2v) is 6.64. The van der Waals surface area contributed by atoms with Gasteiger partial charge in [-0.2, -0.15) is 13.2 Å². The van der Waals surface area contributed by atoms with Crippen LogP contribution in [-0.2, 0) is 9.47 Å². The zero-order chi connectivity index (χ0) is 15.3. The molecule has 2 aliphatic carbocycles. The van der Waals surface area contributed by atoms with Crippen molar-refractivity contribution in [3.8, 4) is 0 Å². The Hall–Kier alpha value is -0.290. The maximum absolute atomic E-state index is 13.0. The van der Waals surface area contributed by atoms with Crippen molar-refractivity contribution >= 4 is 0 Å². The predicted molar refractivity (Wildman–Crippen MR) is 75.1 cm³/mol. The topological polar surface area (TPSA) is 18.5 Å². The lowest BCUT2D eigenvalue weighted by molar-refractivity contribution is -0.203. The van der Waals surface area contributed by atoms with Gasteiger partial charge in [0.1, 0.15) is 0 Å². The van der Waals surface area contributed by atoms with Gasteiger partial charge in [0.25, 0.3) is 0 Å². The first-order valence-electron chi connectivity index (χ1n) is 8.18. The smallest absolute Gasteiger partial charge is 0.384 e. The van der Waals surface area contributed by atoms with Crippen molar-refractivity contribution in [2.75, 3.05) is 20.3 Å². The highest BCUT2D eigenvalue weighted by atomic mass is 19.4. The molecule has 124 valence electrons. The van der Waals surface area contributed by atoms with Gasteiger partial charge in [0.2, 0.25) is 0 Å². The lowest BCUT2D eigenvalue weighted by atomic mass is 9.79. The summed E-state index contributed by atoms with van der Waals surface area (Å²) in [6, 6.07) is 0. The van der Waals surface area contributed by atoms with Gasteiger partial charge in [-0.3, -0.25) is 0 Å². The van der Waals surface area contributed by atoms with Crippen LogP contribution in [0.5, 0.6) is 0 Å². The lowest BCUT2D eigenvalue weighted by Gasteiger charge is -2.35. The Balaban J connectivity index is 1.80. The molecule has 21 heavy (non-hydrogen) atoms. The second kappa shape index (κ2) is 7.82. The molecular formula is C16H27F3O2. The third-order valence-electron chi connectivity index (χ3n) is 5.01. The third kappa shape index (κ3) is 5.13. The van der Waals surface area contributed by atoms with Crippen molar-refractivity contribution in [1.82, 2.24) is 0 Å². The Bertz CT molecular complexity index is 304. The first kappa shape index (κ1) is 17.1. The fourth-order valence-corrected chi connectivity index (χ4v) is 3.88. The minimum absolute atomic E-state index is 0.120. The van der Waals surface area contributed by atoms with Crippen LogP contribution in [-0.4, -0.2) is 32.6 Å². The molecule has 2 rings (SSSR count). The fraction of sp³-hybridized carbons (Fsp3) is 1.00. The van der Waals surface area contributed by atoms with E-state index >= 15 is 0 Å². The molecule has 0 amide bonds. The van der Waals surface area contributed by atoms with E-state index in [1.165, 1.54) is 0 Å². The molecule has 0 saturated heterocycles. The quantitative estimate of drug-likeness (QED) is 0.740. The minimum Gasteiger partial charge on any atom is -0.384 e. The molecule has 4 unspecified atom stereocenters. The number of hydrogen-bond donors (Lipinski definition) is 0. The van der Waals surface area contributed by atoms with Gasteiger partial charge >= 0.3 is 6.18 Å². The van der Waals surface area contributed by atoms with Crippen molar-refractivity contribution < 1.29 is 22.6 Å². The number of methoxy groups -OCH3 is 1. The minimum atomic E-state index is -4.07. The van der Waals surface area contributed by atoms with E-state index in [1.54, 1.807) is 7.11 Å². The number of alkyl halides is 3. The Labute approximate surface area is 125 Å². The highest BCUT2D eigenvalue weighted by molar-refractivity contribution is 4.81. The van der Waals surface area contributed by atoms with Crippen LogP contribution in [0.15, 0.2) is 0 Å². The van der Waals surface area contributed by atoms with E-state index in [9.17, 15) is 13.2 Å². The molecule has 0 heterocycles. The van der Waals surface area contributed by atoms with Crippen molar-refractivity contribution in [2.45, 2.75) is 63.6 Å². The van der Waals surface area contributed by atoms with Crippen LogP contribution < -0.4 is 0 Å². The van der Waals surface area contributed by atoms with Crippen LogP contribution in [0.25, 0.3) is 0 Å². The summed E-state index contributed by atoms with van der Waals surface area (Å²) in [6.07, 6.45) is 2.70. The molecule has 0 aliphatic heterocycles. The molecule has 0 spiro atoms. The van der Waals surface area contributed by atoms with E-state index in [2.05, 4.69) is 0 Å². The zero-order valence-corrected chi connectivity index (χ0v) is 12.8. The number of hydrogen-bond acceptors (Lipinski definition) is 2. The van der Waals surface area contributed by atoms with Crippen LogP contribution >= 0.6 is 0 Å². The summed E-state index contributed by atoms with van der Waals surface area (Å²) in [6.45, 7) is 1.00. The molecule has 0 N–H and O–H groups in total. The molecule has 4 atom stereocenters. The maximum atomic E-state index is 13.0. The Morgan fingerprint density at radius 3 is 2.43 bits per heavy atom. The number of halogens is 3. The molecule has 0 aromatic carbocycles. The lowest BCUT2D eigenvalue weighted by Crippen LogP contribution is -2.37. The number of rotatable bonds is 5. The molecule has 2 fully saturated rings. The van der Waals surface area contributed by atoms with Gasteiger partial charge in [0.15, 0.2) is 0 Å². The van der Waals surface area contributed by atoms with Crippen LogP contribution in [0.3, 0.4) is 0 Å². The van der Waals surface area contributed by atoms with E-state index in [4.69, 9.17) is 9.47 Å². The van der Waals surface area contributed by atoms with E-state index in [1.807, 2.05) is 0 Å². The second-order valence-electron chi connectivity index (χ2n) is 6.64. The molecular weight excluding hydrogens is 281 g/mol. The molecule has 2 nitrogen and oxygen atoms in total. The van der Waals surface area contributed by atoms with E-state index in [-0.39, 0.29) is 25.0 Å². The fourth-order valence-electron chi connectivity index (χ4n) is 3.88. The van der Waals surface area contributed by atoms with Crippen LogP contribution in [0.4, 0.5) is 13.2 Å². The van der Waals surface area contributed by atoms with Crippen molar-refractivity contribution in [3.05, 3.63) is 0 Å². The summed E-state index contributed by atoms with van der Waals surface area (Å²) in [5.41, 5.74) is 0. The van der Waals surface area contributed by atoms with E-state index < -0.39 is 12.1 Å². The normalized spacial score (nSPS) is 34.9. The molecule has 2 saturated carbocycles. The predicted octanol–water partition coefficient (Wildman–Crippen LogP) is 4.58.